The van der Waals surface area contributed by atoms with E-state index in [4.69, 9.17) is 0 Å². The minimum atomic E-state index is 0.836. The summed E-state index contributed by atoms with van der Waals surface area (Å²) in [5.74, 6) is 2.11. The summed E-state index contributed by atoms with van der Waals surface area (Å²) in [7, 11) is 0. The fraction of sp³-hybridized carbons (Fsp3) is 1.00. The van der Waals surface area contributed by atoms with Crippen LogP contribution < -0.4 is 5.32 Å². The second kappa shape index (κ2) is 4.08. The van der Waals surface area contributed by atoms with Crippen molar-refractivity contribution >= 4 is 0 Å². The average molecular weight is 207 g/mol. The van der Waals surface area contributed by atoms with E-state index in [9.17, 15) is 0 Å². The molecule has 1 N–H and O–H groups in total. The summed E-state index contributed by atoms with van der Waals surface area (Å²) >= 11 is 0. The van der Waals surface area contributed by atoms with Crippen LogP contribution in [0.4, 0.5) is 0 Å². The Balaban J connectivity index is 1.55. The molecule has 3 fully saturated rings. The van der Waals surface area contributed by atoms with Gasteiger partial charge in [0.25, 0.3) is 0 Å². The molecule has 86 valence electrons. The van der Waals surface area contributed by atoms with E-state index in [1.165, 1.54) is 32.4 Å². The predicted molar refractivity (Wildman–Crippen MR) is 63.8 cm³/mol. The Morgan fingerprint density at radius 2 is 1.53 bits per heavy atom. The predicted octanol–water partition coefficient (Wildman–Crippen LogP) is 3.35. The molecule has 1 spiro atoms. The molecule has 1 heteroatoms. The van der Waals surface area contributed by atoms with Crippen LogP contribution in [0, 0.1) is 17.3 Å². The van der Waals surface area contributed by atoms with Gasteiger partial charge in [-0.15, -0.1) is 0 Å². The van der Waals surface area contributed by atoms with Crippen molar-refractivity contribution in [1.82, 2.24) is 5.32 Å². The molecule has 1 atom stereocenters. The van der Waals surface area contributed by atoms with Gasteiger partial charge in [0.2, 0.25) is 0 Å². The number of nitrogens with one attached hydrogen (secondary N) is 1. The monoisotopic (exact) mass is 207 g/mol. The molecule has 0 amide bonds. The standard InChI is InChI=1S/C14H25N/c1-2-7-14(6-1)8-3-12(4-9-14)13-5-10-15-11-13/h12-13,15H,1-11H2. The van der Waals surface area contributed by atoms with E-state index in [0.717, 1.165) is 17.3 Å². The van der Waals surface area contributed by atoms with Gasteiger partial charge in [-0.1, -0.05) is 12.8 Å². The van der Waals surface area contributed by atoms with E-state index in [1.54, 1.807) is 38.5 Å². The lowest BCUT2D eigenvalue weighted by Crippen LogP contribution is -2.29. The first kappa shape index (κ1) is 10.1. The van der Waals surface area contributed by atoms with Gasteiger partial charge in [-0.2, -0.15) is 0 Å². The molecule has 1 aliphatic heterocycles. The number of hydrogen-bond acceptors (Lipinski definition) is 1. The summed E-state index contributed by atoms with van der Waals surface area (Å²) in [6.45, 7) is 2.60. The molecule has 0 aromatic heterocycles. The minimum Gasteiger partial charge on any atom is -0.316 e. The highest BCUT2D eigenvalue weighted by atomic mass is 14.9. The Bertz CT molecular complexity index is 201. The van der Waals surface area contributed by atoms with Gasteiger partial charge in [-0.05, 0) is 75.3 Å². The van der Waals surface area contributed by atoms with E-state index >= 15 is 0 Å². The van der Waals surface area contributed by atoms with Gasteiger partial charge in [0.05, 0.1) is 0 Å². The van der Waals surface area contributed by atoms with Crippen LogP contribution in [-0.2, 0) is 0 Å². The highest BCUT2D eigenvalue weighted by molar-refractivity contribution is 4.91. The smallest absolute Gasteiger partial charge is 0.00174 e. The molecule has 1 heterocycles. The molecule has 15 heavy (non-hydrogen) atoms. The van der Waals surface area contributed by atoms with Crippen molar-refractivity contribution in [3.63, 3.8) is 0 Å². The van der Waals surface area contributed by atoms with Crippen LogP contribution in [0.25, 0.3) is 0 Å². The van der Waals surface area contributed by atoms with Gasteiger partial charge in [-0.3, -0.25) is 0 Å². The topological polar surface area (TPSA) is 12.0 Å². The zero-order valence-electron chi connectivity index (χ0n) is 9.93. The normalized spacial score (nSPS) is 36.4. The van der Waals surface area contributed by atoms with E-state index in [2.05, 4.69) is 5.32 Å². The molecule has 1 unspecified atom stereocenters. The maximum absolute atomic E-state index is 3.53. The minimum absolute atomic E-state index is 0.836. The highest BCUT2D eigenvalue weighted by Gasteiger charge is 2.39. The molecule has 3 rings (SSSR count). The van der Waals surface area contributed by atoms with Gasteiger partial charge < -0.3 is 5.32 Å². The Kier molecular flexibility index (Phi) is 2.76. The lowest BCUT2D eigenvalue weighted by molar-refractivity contribution is 0.127. The summed E-state index contributed by atoms with van der Waals surface area (Å²) in [5.41, 5.74) is 0.836. The maximum atomic E-state index is 3.53. The van der Waals surface area contributed by atoms with Gasteiger partial charge in [0.15, 0.2) is 0 Å². The largest absolute Gasteiger partial charge is 0.316 e. The quantitative estimate of drug-likeness (QED) is 0.695. The van der Waals surface area contributed by atoms with Gasteiger partial charge >= 0.3 is 0 Å². The Labute approximate surface area is 94.0 Å². The molecular weight excluding hydrogens is 182 g/mol. The zero-order chi connectivity index (χ0) is 10.1. The highest BCUT2D eigenvalue weighted by Crippen LogP contribution is 2.51. The van der Waals surface area contributed by atoms with Crippen molar-refractivity contribution < 1.29 is 0 Å². The molecule has 0 radical (unpaired) electrons. The van der Waals surface area contributed by atoms with E-state index in [0.29, 0.717) is 0 Å². The van der Waals surface area contributed by atoms with Crippen LogP contribution in [0.3, 0.4) is 0 Å². The molecule has 2 saturated carbocycles. The Morgan fingerprint density at radius 1 is 0.800 bits per heavy atom. The lowest BCUT2D eigenvalue weighted by atomic mass is 9.66. The van der Waals surface area contributed by atoms with Crippen LogP contribution in [0.1, 0.15) is 57.8 Å². The molecule has 0 bridgehead atoms. The van der Waals surface area contributed by atoms with Crippen LogP contribution >= 0.6 is 0 Å². The van der Waals surface area contributed by atoms with Gasteiger partial charge in [0, 0.05) is 0 Å². The summed E-state index contributed by atoms with van der Waals surface area (Å²) < 4.78 is 0. The molecular formula is C14H25N. The summed E-state index contributed by atoms with van der Waals surface area (Å²) in [5, 5.41) is 3.53. The van der Waals surface area contributed by atoms with Gasteiger partial charge in [-0.25, -0.2) is 0 Å². The van der Waals surface area contributed by atoms with Crippen LogP contribution in [0.15, 0.2) is 0 Å². The second-order valence-corrected chi connectivity index (χ2v) is 6.30. The Morgan fingerprint density at radius 3 is 2.13 bits per heavy atom. The van der Waals surface area contributed by atoms with E-state index < -0.39 is 0 Å². The van der Waals surface area contributed by atoms with Crippen molar-refractivity contribution in [2.24, 2.45) is 17.3 Å². The lowest BCUT2D eigenvalue weighted by Gasteiger charge is -2.39. The fourth-order valence-corrected chi connectivity index (χ4v) is 4.43. The molecule has 3 aliphatic rings. The third kappa shape index (κ3) is 1.95. The third-order valence-corrected chi connectivity index (χ3v) is 5.52. The van der Waals surface area contributed by atoms with E-state index in [-0.39, 0.29) is 0 Å². The van der Waals surface area contributed by atoms with Crippen molar-refractivity contribution in [2.45, 2.75) is 57.8 Å². The van der Waals surface area contributed by atoms with Crippen molar-refractivity contribution in [3.8, 4) is 0 Å². The third-order valence-electron chi connectivity index (χ3n) is 5.52. The Hall–Kier alpha value is -0.0400. The second-order valence-electron chi connectivity index (χ2n) is 6.30. The SMILES string of the molecule is C1CCC2(C1)CCC(C1CCNC1)CC2. The summed E-state index contributed by atoms with van der Waals surface area (Å²) in [4.78, 5) is 0. The fourth-order valence-electron chi connectivity index (χ4n) is 4.43. The van der Waals surface area contributed by atoms with Crippen LogP contribution in [0.2, 0.25) is 0 Å². The zero-order valence-corrected chi connectivity index (χ0v) is 9.93. The first-order valence-corrected chi connectivity index (χ1v) is 7.09. The molecule has 0 aromatic carbocycles. The summed E-state index contributed by atoms with van der Waals surface area (Å²) in [6, 6.07) is 0. The summed E-state index contributed by atoms with van der Waals surface area (Å²) in [6.07, 6.45) is 13.8. The van der Waals surface area contributed by atoms with Crippen molar-refractivity contribution in [2.75, 3.05) is 13.1 Å². The number of hydrogen-bond donors (Lipinski definition) is 1. The van der Waals surface area contributed by atoms with Gasteiger partial charge in [0.1, 0.15) is 0 Å². The molecule has 1 nitrogen and oxygen atoms in total. The molecule has 1 saturated heterocycles. The first-order chi connectivity index (χ1) is 7.38. The maximum Gasteiger partial charge on any atom is -0.00174 e. The average Bonchev–Trinajstić information content (AvgIpc) is 2.91. The number of rotatable bonds is 1. The first-order valence-electron chi connectivity index (χ1n) is 7.09. The van der Waals surface area contributed by atoms with E-state index in [1.807, 2.05) is 0 Å². The van der Waals surface area contributed by atoms with Crippen molar-refractivity contribution in [1.29, 1.82) is 0 Å². The van der Waals surface area contributed by atoms with Crippen LogP contribution in [-0.4, -0.2) is 13.1 Å². The molecule has 2 aliphatic carbocycles. The molecule has 0 aromatic rings. The van der Waals surface area contributed by atoms with Crippen LogP contribution in [0.5, 0.6) is 0 Å². The van der Waals surface area contributed by atoms with Crippen molar-refractivity contribution in [3.05, 3.63) is 0 Å².